The number of rotatable bonds is 4. The van der Waals surface area contributed by atoms with Crippen molar-refractivity contribution < 1.29 is 18.7 Å². The maximum absolute atomic E-state index is 14.1. The SMILES string of the molecule is C[C@@H]1C[C@@H](Nc2ccc(OC3CCCC3)c(F)c2)C(=O)O1. The molecule has 1 aromatic carbocycles. The van der Waals surface area contributed by atoms with Gasteiger partial charge in [0, 0.05) is 18.2 Å². The Labute approximate surface area is 123 Å². The van der Waals surface area contributed by atoms with Gasteiger partial charge in [0.2, 0.25) is 0 Å². The Hall–Kier alpha value is -1.78. The summed E-state index contributed by atoms with van der Waals surface area (Å²) in [6, 6.07) is 4.34. The topological polar surface area (TPSA) is 47.6 Å². The van der Waals surface area contributed by atoms with Gasteiger partial charge in [0.15, 0.2) is 11.6 Å². The Balaban J connectivity index is 1.64. The molecule has 0 unspecified atom stereocenters. The number of benzene rings is 1. The van der Waals surface area contributed by atoms with Gasteiger partial charge in [0.05, 0.1) is 6.10 Å². The van der Waals surface area contributed by atoms with Gasteiger partial charge < -0.3 is 14.8 Å². The minimum Gasteiger partial charge on any atom is -0.487 e. The quantitative estimate of drug-likeness (QED) is 0.866. The Bertz CT molecular complexity index is 528. The Morgan fingerprint density at radius 3 is 2.71 bits per heavy atom. The summed E-state index contributed by atoms with van der Waals surface area (Å²) < 4.78 is 24.8. The zero-order valence-corrected chi connectivity index (χ0v) is 12.1. The van der Waals surface area contributed by atoms with Gasteiger partial charge in [-0.25, -0.2) is 9.18 Å². The van der Waals surface area contributed by atoms with E-state index in [1.165, 1.54) is 6.07 Å². The summed E-state index contributed by atoms with van der Waals surface area (Å²) in [5.41, 5.74) is 0.572. The third kappa shape index (κ3) is 3.28. The zero-order valence-electron chi connectivity index (χ0n) is 12.1. The molecule has 5 heteroatoms. The predicted molar refractivity (Wildman–Crippen MR) is 76.9 cm³/mol. The molecule has 1 N–H and O–H groups in total. The molecule has 3 rings (SSSR count). The van der Waals surface area contributed by atoms with E-state index in [-0.39, 0.29) is 23.9 Å². The Kier molecular flexibility index (Phi) is 3.99. The van der Waals surface area contributed by atoms with E-state index in [4.69, 9.17) is 9.47 Å². The molecule has 21 heavy (non-hydrogen) atoms. The first-order chi connectivity index (χ1) is 10.1. The average molecular weight is 293 g/mol. The first kappa shape index (κ1) is 14.2. The number of nitrogens with one attached hydrogen (secondary N) is 1. The van der Waals surface area contributed by atoms with Crippen molar-refractivity contribution in [1.29, 1.82) is 0 Å². The van der Waals surface area contributed by atoms with Crippen LogP contribution in [0.2, 0.25) is 0 Å². The van der Waals surface area contributed by atoms with Gasteiger partial charge in [0.25, 0.3) is 0 Å². The minimum absolute atomic E-state index is 0.0928. The van der Waals surface area contributed by atoms with Crippen LogP contribution in [-0.4, -0.2) is 24.2 Å². The van der Waals surface area contributed by atoms with Crippen LogP contribution in [0.25, 0.3) is 0 Å². The molecule has 2 atom stereocenters. The second kappa shape index (κ2) is 5.92. The summed E-state index contributed by atoms with van der Waals surface area (Å²) in [7, 11) is 0. The fraction of sp³-hybridized carbons (Fsp3) is 0.562. The van der Waals surface area contributed by atoms with Crippen molar-refractivity contribution in [2.75, 3.05) is 5.32 Å². The first-order valence-corrected chi connectivity index (χ1v) is 7.55. The van der Waals surface area contributed by atoms with Crippen LogP contribution >= 0.6 is 0 Å². The van der Waals surface area contributed by atoms with E-state index in [0.717, 1.165) is 25.7 Å². The van der Waals surface area contributed by atoms with Crippen LogP contribution in [0.1, 0.15) is 39.0 Å². The molecule has 1 heterocycles. The van der Waals surface area contributed by atoms with Crippen LogP contribution in [0.3, 0.4) is 0 Å². The molecular weight excluding hydrogens is 273 g/mol. The van der Waals surface area contributed by atoms with Gasteiger partial charge in [-0.2, -0.15) is 0 Å². The number of anilines is 1. The summed E-state index contributed by atoms with van der Waals surface area (Å²) in [5.74, 6) is -0.393. The van der Waals surface area contributed by atoms with Gasteiger partial charge in [0.1, 0.15) is 12.1 Å². The van der Waals surface area contributed by atoms with E-state index in [0.29, 0.717) is 12.1 Å². The lowest BCUT2D eigenvalue weighted by atomic mass is 10.1. The number of halogens is 1. The summed E-state index contributed by atoms with van der Waals surface area (Å²) >= 11 is 0. The Morgan fingerprint density at radius 2 is 2.10 bits per heavy atom. The molecule has 4 nitrogen and oxygen atoms in total. The lowest BCUT2D eigenvalue weighted by Gasteiger charge is -2.15. The van der Waals surface area contributed by atoms with E-state index >= 15 is 0 Å². The normalized spacial score (nSPS) is 25.9. The van der Waals surface area contributed by atoms with Crippen molar-refractivity contribution in [3.05, 3.63) is 24.0 Å². The van der Waals surface area contributed by atoms with Crippen molar-refractivity contribution in [2.24, 2.45) is 0 Å². The highest BCUT2D eigenvalue weighted by Gasteiger charge is 2.31. The van der Waals surface area contributed by atoms with Crippen molar-refractivity contribution in [1.82, 2.24) is 0 Å². The third-order valence-corrected chi connectivity index (χ3v) is 4.04. The lowest BCUT2D eigenvalue weighted by molar-refractivity contribution is -0.141. The van der Waals surface area contributed by atoms with Gasteiger partial charge in [-0.1, -0.05) is 0 Å². The second-order valence-corrected chi connectivity index (χ2v) is 5.85. The number of esters is 1. The maximum atomic E-state index is 14.1. The third-order valence-electron chi connectivity index (χ3n) is 4.04. The predicted octanol–water partition coefficient (Wildman–Crippen LogP) is 3.26. The average Bonchev–Trinajstić information content (AvgIpc) is 3.03. The molecule has 1 saturated carbocycles. The number of carbonyl (C=O) groups is 1. The molecule has 1 saturated heterocycles. The van der Waals surface area contributed by atoms with Crippen molar-refractivity contribution >= 4 is 11.7 Å². The molecule has 0 radical (unpaired) electrons. The molecule has 1 aliphatic carbocycles. The Morgan fingerprint density at radius 1 is 1.33 bits per heavy atom. The van der Waals surface area contributed by atoms with Gasteiger partial charge in [-0.3, -0.25) is 0 Å². The van der Waals surface area contributed by atoms with Crippen LogP contribution < -0.4 is 10.1 Å². The van der Waals surface area contributed by atoms with Crippen LogP contribution in [0.4, 0.5) is 10.1 Å². The largest absolute Gasteiger partial charge is 0.487 e. The molecule has 1 aromatic rings. The smallest absolute Gasteiger partial charge is 0.328 e. The molecule has 2 fully saturated rings. The van der Waals surface area contributed by atoms with Gasteiger partial charge in [-0.05, 0) is 44.7 Å². The van der Waals surface area contributed by atoms with E-state index in [9.17, 15) is 9.18 Å². The number of ether oxygens (including phenoxy) is 2. The van der Waals surface area contributed by atoms with E-state index in [2.05, 4.69) is 5.32 Å². The van der Waals surface area contributed by atoms with E-state index < -0.39 is 11.9 Å². The van der Waals surface area contributed by atoms with E-state index in [1.807, 2.05) is 6.92 Å². The molecule has 0 aromatic heterocycles. The molecule has 0 spiro atoms. The molecule has 114 valence electrons. The zero-order chi connectivity index (χ0) is 14.8. The second-order valence-electron chi connectivity index (χ2n) is 5.85. The minimum atomic E-state index is -0.402. The monoisotopic (exact) mass is 293 g/mol. The first-order valence-electron chi connectivity index (χ1n) is 7.55. The molecule has 0 amide bonds. The number of hydrogen-bond acceptors (Lipinski definition) is 4. The summed E-state index contributed by atoms with van der Waals surface area (Å²) in [6.07, 6.45) is 4.91. The van der Waals surface area contributed by atoms with E-state index in [1.54, 1.807) is 12.1 Å². The van der Waals surface area contributed by atoms with Crippen molar-refractivity contribution in [3.8, 4) is 5.75 Å². The number of hydrogen-bond donors (Lipinski definition) is 1. The molecule has 1 aliphatic heterocycles. The van der Waals surface area contributed by atoms with Crippen molar-refractivity contribution in [3.63, 3.8) is 0 Å². The molecule has 0 bridgehead atoms. The van der Waals surface area contributed by atoms with Crippen LogP contribution in [0, 0.1) is 5.82 Å². The molecule has 2 aliphatic rings. The highest BCUT2D eigenvalue weighted by Crippen LogP contribution is 2.28. The highest BCUT2D eigenvalue weighted by atomic mass is 19.1. The van der Waals surface area contributed by atoms with Crippen LogP contribution in [0.15, 0.2) is 18.2 Å². The maximum Gasteiger partial charge on any atom is 0.328 e. The lowest BCUT2D eigenvalue weighted by Crippen LogP contribution is -2.24. The van der Waals surface area contributed by atoms with Crippen molar-refractivity contribution in [2.45, 2.75) is 57.3 Å². The summed E-state index contributed by atoms with van der Waals surface area (Å²) in [4.78, 5) is 11.6. The van der Waals surface area contributed by atoms with Gasteiger partial charge >= 0.3 is 5.97 Å². The molecular formula is C16H20FNO3. The standard InChI is InChI=1S/C16H20FNO3/c1-10-8-14(16(19)20-10)18-11-6-7-15(13(17)9-11)21-12-4-2-3-5-12/h6-7,9-10,12,14,18H,2-5,8H2,1H3/t10-,14-/m1/s1. The fourth-order valence-electron chi connectivity index (χ4n) is 2.95. The summed E-state index contributed by atoms with van der Waals surface area (Å²) in [5, 5.41) is 3.01. The van der Waals surface area contributed by atoms with Gasteiger partial charge in [-0.15, -0.1) is 0 Å². The summed E-state index contributed by atoms with van der Waals surface area (Å²) in [6.45, 7) is 1.85. The van der Waals surface area contributed by atoms with Crippen LogP contribution in [0.5, 0.6) is 5.75 Å². The van der Waals surface area contributed by atoms with Crippen LogP contribution in [-0.2, 0) is 9.53 Å². The number of carbonyl (C=O) groups excluding carboxylic acids is 1. The fourth-order valence-corrected chi connectivity index (χ4v) is 2.95. The number of cyclic esters (lactones) is 1. The highest BCUT2D eigenvalue weighted by molar-refractivity contribution is 5.81.